The number of rotatable bonds is 6. The highest BCUT2D eigenvalue weighted by Crippen LogP contribution is 2.36. The van der Waals surface area contributed by atoms with Gasteiger partial charge in [0.15, 0.2) is 5.16 Å². The molecule has 3 amide bonds. The van der Waals surface area contributed by atoms with Crippen LogP contribution in [0.4, 0.5) is 4.79 Å². The van der Waals surface area contributed by atoms with Crippen LogP contribution in [0.3, 0.4) is 0 Å². The average Bonchev–Trinajstić information content (AvgIpc) is 2.94. The molecule has 1 aliphatic carbocycles. The normalized spacial score (nSPS) is 16.4. The molecule has 0 aromatic carbocycles. The summed E-state index contributed by atoms with van der Waals surface area (Å²) in [7, 11) is 0. The molecule has 0 saturated carbocycles. The molecule has 0 saturated heterocycles. The number of aromatic nitrogens is 2. The number of hydrogen-bond donors (Lipinski definition) is 2. The van der Waals surface area contributed by atoms with Crippen LogP contribution in [0.5, 0.6) is 0 Å². The molecule has 0 bridgehead atoms. The molecule has 1 unspecified atom stereocenters. The van der Waals surface area contributed by atoms with Crippen LogP contribution in [0.15, 0.2) is 9.95 Å². The van der Waals surface area contributed by atoms with Gasteiger partial charge >= 0.3 is 6.03 Å². The second-order valence-corrected chi connectivity index (χ2v) is 9.89. The maximum absolute atomic E-state index is 13.3. The molecular weight excluding hydrogens is 396 g/mol. The molecule has 9 heteroatoms. The van der Waals surface area contributed by atoms with Gasteiger partial charge in [0.25, 0.3) is 5.56 Å². The van der Waals surface area contributed by atoms with Crippen molar-refractivity contribution in [2.24, 2.45) is 17.6 Å². The zero-order chi connectivity index (χ0) is 20.4. The van der Waals surface area contributed by atoms with E-state index in [9.17, 15) is 14.4 Å². The van der Waals surface area contributed by atoms with E-state index in [1.54, 1.807) is 15.9 Å². The minimum atomic E-state index is -0.857. The number of primary amides is 1. The number of thioether (sulfide) groups is 1. The first-order valence-electron chi connectivity index (χ1n) is 9.53. The molecule has 2 aromatic heterocycles. The summed E-state index contributed by atoms with van der Waals surface area (Å²) in [6.07, 6.45) is 3.18. The van der Waals surface area contributed by atoms with Crippen LogP contribution in [0.1, 0.15) is 44.1 Å². The Labute approximate surface area is 172 Å². The summed E-state index contributed by atoms with van der Waals surface area (Å²) in [4.78, 5) is 42.6. The van der Waals surface area contributed by atoms with Gasteiger partial charge in [-0.1, -0.05) is 32.5 Å². The highest BCUT2D eigenvalue weighted by molar-refractivity contribution is 7.99. The van der Waals surface area contributed by atoms with Crippen molar-refractivity contribution in [3.05, 3.63) is 20.8 Å². The summed E-state index contributed by atoms with van der Waals surface area (Å²) < 4.78 is 1.74. The van der Waals surface area contributed by atoms with E-state index >= 15 is 0 Å². The average molecular weight is 423 g/mol. The van der Waals surface area contributed by atoms with Gasteiger partial charge < -0.3 is 5.73 Å². The molecule has 0 spiro atoms. The minimum absolute atomic E-state index is 0.0230. The predicted molar refractivity (Wildman–Crippen MR) is 113 cm³/mol. The van der Waals surface area contributed by atoms with Gasteiger partial charge in [-0.3, -0.25) is 19.5 Å². The topological polar surface area (TPSA) is 107 Å². The highest BCUT2D eigenvalue weighted by Gasteiger charge is 2.25. The Morgan fingerprint density at radius 2 is 2.18 bits per heavy atom. The Morgan fingerprint density at radius 3 is 2.86 bits per heavy atom. The SMILES string of the molecule is CC(C)Cn1c(SCCC(=O)NC(N)=O)nc2sc3c(c2c1=O)CCC(C)C3. The van der Waals surface area contributed by atoms with Crippen molar-refractivity contribution in [2.75, 3.05) is 5.75 Å². The number of thiophene rings is 1. The first kappa shape index (κ1) is 20.9. The number of imide groups is 1. The predicted octanol–water partition coefficient (Wildman–Crippen LogP) is 2.92. The number of nitrogens with two attached hydrogens (primary N) is 1. The van der Waals surface area contributed by atoms with Crippen molar-refractivity contribution in [3.8, 4) is 0 Å². The lowest BCUT2D eigenvalue weighted by atomic mass is 9.89. The first-order valence-corrected chi connectivity index (χ1v) is 11.3. The maximum atomic E-state index is 13.3. The molecule has 0 radical (unpaired) electrons. The van der Waals surface area contributed by atoms with Crippen LogP contribution in [0, 0.1) is 11.8 Å². The Bertz CT molecular complexity index is 964. The van der Waals surface area contributed by atoms with Crippen LogP contribution in [0.25, 0.3) is 10.2 Å². The number of nitrogens with zero attached hydrogens (tertiary/aromatic N) is 2. The highest BCUT2D eigenvalue weighted by atomic mass is 32.2. The molecule has 1 atom stereocenters. The lowest BCUT2D eigenvalue weighted by Gasteiger charge is -2.18. The second kappa shape index (κ2) is 8.65. The number of urea groups is 1. The Kier molecular flexibility index (Phi) is 6.44. The van der Waals surface area contributed by atoms with Crippen molar-refractivity contribution in [1.82, 2.24) is 14.9 Å². The third-order valence-corrected chi connectivity index (χ3v) is 6.88. The summed E-state index contributed by atoms with van der Waals surface area (Å²) >= 11 is 2.99. The molecule has 28 heavy (non-hydrogen) atoms. The maximum Gasteiger partial charge on any atom is 0.318 e. The number of hydrogen-bond acceptors (Lipinski definition) is 6. The van der Waals surface area contributed by atoms with Gasteiger partial charge in [-0.2, -0.15) is 0 Å². The number of carbonyl (C=O) groups excluding carboxylic acids is 2. The fraction of sp³-hybridized carbons (Fsp3) is 0.579. The van der Waals surface area contributed by atoms with E-state index in [0.717, 1.165) is 29.5 Å². The van der Waals surface area contributed by atoms with E-state index in [-0.39, 0.29) is 12.0 Å². The standard InChI is InChI=1S/C19H26N4O3S2/c1-10(2)9-23-17(25)15-12-5-4-11(3)8-13(12)28-16(15)22-19(23)27-7-6-14(24)21-18(20)26/h10-11H,4-9H2,1-3H3,(H3,20,21,24,26). The lowest BCUT2D eigenvalue weighted by Crippen LogP contribution is -2.35. The summed E-state index contributed by atoms with van der Waals surface area (Å²) in [5.41, 5.74) is 6.17. The number of carbonyl (C=O) groups is 2. The number of nitrogens with one attached hydrogen (secondary N) is 1. The Morgan fingerprint density at radius 1 is 1.43 bits per heavy atom. The van der Waals surface area contributed by atoms with Gasteiger partial charge in [-0.05, 0) is 36.7 Å². The van der Waals surface area contributed by atoms with Crippen LogP contribution in [-0.2, 0) is 24.2 Å². The quantitative estimate of drug-likeness (QED) is 0.550. The van der Waals surface area contributed by atoms with Gasteiger partial charge in [-0.25, -0.2) is 9.78 Å². The van der Waals surface area contributed by atoms with Gasteiger partial charge in [0.1, 0.15) is 4.83 Å². The largest absolute Gasteiger partial charge is 0.351 e. The molecule has 152 valence electrons. The lowest BCUT2D eigenvalue weighted by molar-refractivity contribution is -0.119. The Hall–Kier alpha value is -1.87. The third-order valence-electron chi connectivity index (χ3n) is 4.75. The van der Waals surface area contributed by atoms with Gasteiger partial charge in [-0.15, -0.1) is 11.3 Å². The molecule has 0 fully saturated rings. The van der Waals surface area contributed by atoms with E-state index < -0.39 is 11.9 Å². The minimum Gasteiger partial charge on any atom is -0.351 e. The van der Waals surface area contributed by atoms with Crippen LogP contribution in [0.2, 0.25) is 0 Å². The zero-order valence-electron chi connectivity index (χ0n) is 16.4. The molecule has 0 aliphatic heterocycles. The van der Waals surface area contributed by atoms with Crippen molar-refractivity contribution in [2.45, 2.75) is 58.2 Å². The number of fused-ring (bicyclic) bond motifs is 3. The van der Waals surface area contributed by atoms with Crippen LogP contribution < -0.4 is 16.6 Å². The van der Waals surface area contributed by atoms with E-state index in [0.29, 0.717) is 29.3 Å². The molecular formula is C19H26N4O3S2. The van der Waals surface area contributed by atoms with Crippen molar-refractivity contribution < 1.29 is 9.59 Å². The van der Waals surface area contributed by atoms with Crippen molar-refractivity contribution in [1.29, 1.82) is 0 Å². The summed E-state index contributed by atoms with van der Waals surface area (Å²) in [5, 5.41) is 3.46. The molecule has 2 aromatic rings. The summed E-state index contributed by atoms with van der Waals surface area (Å²) in [6, 6.07) is -0.857. The van der Waals surface area contributed by atoms with E-state index in [4.69, 9.17) is 10.7 Å². The summed E-state index contributed by atoms with van der Waals surface area (Å²) in [5.74, 6) is 0.913. The van der Waals surface area contributed by atoms with Gasteiger partial charge in [0.2, 0.25) is 5.91 Å². The molecule has 3 N–H and O–H groups in total. The molecule has 7 nitrogen and oxygen atoms in total. The smallest absolute Gasteiger partial charge is 0.318 e. The second-order valence-electron chi connectivity index (χ2n) is 7.75. The fourth-order valence-electron chi connectivity index (χ4n) is 3.48. The van der Waals surface area contributed by atoms with Crippen molar-refractivity contribution in [3.63, 3.8) is 0 Å². The van der Waals surface area contributed by atoms with E-state index in [1.807, 2.05) is 0 Å². The number of amides is 3. The van der Waals surface area contributed by atoms with E-state index in [1.165, 1.54) is 22.2 Å². The van der Waals surface area contributed by atoms with Crippen LogP contribution in [-0.4, -0.2) is 27.2 Å². The third kappa shape index (κ3) is 4.57. The monoisotopic (exact) mass is 422 g/mol. The van der Waals surface area contributed by atoms with E-state index in [2.05, 4.69) is 26.1 Å². The van der Waals surface area contributed by atoms with Gasteiger partial charge in [0.05, 0.1) is 5.39 Å². The molecule has 2 heterocycles. The Balaban J connectivity index is 1.93. The fourth-order valence-corrected chi connectivity index (χ4v) is 5.85. The van der Waals surface area contributed by atoms with Crippen LogP contribution >= 0.6 is 23.1 Å². The summed E-state index contributed by atoms with van der Waals surface area (Å²) in [6.45, 7) is 6.96. The first-order chi connectivity index (χ1) is 13.3. The number of aryl methyl sites for hydroxylation is 1. The van der Waals surface area contributed by atoms with Gasteiger partial charge in [0, 0.05) is 23.6 Å². The zero-order valence-corrected chi connectivity index (χ0v) is 18.0. The molecule has 3 rings (SSSR count). The van der Waals surface area contributed by atoms with Crippen molar-refractivity contribution >= 4 is 45.3 Å². The molecule has 1 aliphatic rings.